The smallest absolute Gasteiger partial charge is 0.138 e. The summed E-state index contributed by atoms with van der Waals surface area (Å²) >= 11 is 0. The quantitative estimate of drug-likeness (QED) is 0.877. The lowest BCUT2D eigenvalue weighted by Gasteiger charge is -2.09. The van der Waals surface area contributed by atoms with E-state index in [1.165, 1.54) is 0 Å². The largest absolute Gasteiger partial charge is 0.487 e. The van der Waals surface area contributed by atoms with Crippen LogP contribution in [0.5, 0.6) is 5.75 Å². The van der Waals surface area contributed by atoms with Crippen LogP contribution in [0.25, 0.3) is 0 Å². The fourth-order valence-corrected chi connectivity index (χ4v) is 1.89. The maximum atomic E-state index is 5.91. The third-order valence-corrected chi connectivity index (χ3v) is 3.13. The van der Waals surface area contributed by atoms with E-state index in [4.69, 9.17) is 10.5 Å². The van der Waals surface area contributed by atoms with Crippen LogP contribution in [0, 0.1) is 6.92 Å². The van der Waals surface area contributed by atoms with Gasteiger partial charge in [-0.3, -0.25) is 9.97 Å². The number of rotatable bonds is 6. The minimum atomic E-state index is 0.174. The van der Waals surface area contributed by atoms with Crippen molar-refractivity contribution < 1.29 is 4.74 Å². The molecule has 2 rings (SSSR count). The van der Waals surface area contributed by atoms with Gasteiger partial charge in [-0.05, 0) is 37.1 Å². The first-order valence-electron chi connectivity index (χ1n) is 6.91. The van der Waals surface area contributed by atoms with Crippen molar-refractivity contribution in [2.45, 2.75) is 39.3 Å². The molecule has 0 aliphatic heterocycles. The third-order valence-electron chi connectivity index (χ3n) is 3.13. The summed E-state index contributed by atoms with van der Waals surface area (Å²) in [4.78, 5) is 8.52. The van der Waals surface area contributed by atoms with Gasteiger partial charge in [-0.2, -0.15) is 0 Å². The van der Waals surface area contributed by atoms with E-state index in [-0.39, 0.29) is 6.04 Å². The summed E-state index contributed by atoms with van der Waals surface area (Å²) in [5, 5.41) is 0. The molecule has 0 fully saturated rings. The fraction of sp³-hybridized carbons (Fsp3) is 0.375. The molecule has 2 heterocycles. The van der Waals surface area contributed by atoms with Crippen LogP contribution in [0.15, 0.2) is 36.8 Å². The molecule has 0 aliphatic carbocycles. The highest BCUT2D eigenvalue weighted by Crippen LogP contribution is 2.13. The Morgan fingerprint density at radius 2 is 2.10 bits per heavy atom. The van der Waals surface area contributed by atoms with E-state index in [1.54, 1.807) is 6.20 Å². The minimum Gasteiger partial charge on any atom is -0.487 e. The molecule has 0 saturated carbocycles. The second kappa shape index (κ2) is 7.01. The van der Waals surface area contributed by atoms with Crippen LogP contribution in [-0.2, 0) is 13.0 Å². The van der Waals surface area contributed by atoms with E-state index in [2.05, 4.69) is 23.0 Å². The molecule has 0 saturated heterocycles. The van der Waals surface area contributed by atoms with Gasteiger partial charge in [-0.25, -0.2) is 0 Å². The van der Waals surface area contributed by atoms with E-state index in [9.17, 15) is 0 Å². The number of pyridine rings is 2. The first-order chi connectivity index (χ1) is 9.67. The molecular weight excluding hydrogens is 250 g/mol. The molecule has 0 aliphatic rings. The van der Waals surface area contributed by atoms with Crippen LogP contribution in [0.4, 0.5) is 0 Å². The Morgan fingerprint density at radius 3 is 2.75 bits per heavy atom. The van der Waals surface area contributed by atoms with Crippen molar-refractivity contribution in [3.8, 4) is 5.75 Å². The molecular formula is C16H21N3O. The van der Waals surface area contributed by atoms with E-state index in [0.29, 0.717) is 6.61 Å². The van der Waals surface area contributed by atoms with E-state index in [1.807, 2.05) is 31.5 Å². The van der Waals surface area contributed by atoms with Crippen LogP contribution >= 0.6 is 0 Å². The monoisotopic (exact) mass is 271 g/mol. The average molecular weight is 271 g/mol. The molecule has 1 atom stereocenters. The van der Waals surface area contributed by atoms with Crippen LogP contribution in [0.2, 0.25) is 0 Å². The molecule has 4 heteroatoms. The zero-order valence-electron chi connectivity index (χ0n) is 12.0. The number of aryl methyl sites for hydroxylation is 1. The molecule has 1 unspecified atom stereocenters. The maximum Gasteiger partial charge on any atom is 0.138 e. The van der Waals surface area contributed by atoms with E-state index >= 15 is 0 Å². The zero-order chi connectivity index (χ0) is 14.4. The van der Waals surface area contributed by atoms with Crippen molar-refractivity contribution in [1.82, 2.24) is 9.97 Å². The van der Waals surface area contributed by atoms with Crippen LogP contribution < -0.4 is 10.5 Å². The molecule has 106 valence electrons. The van der Waals surface area contributed by atoms with Gasteiger partial charge in [0.1, 0.15) is 12.4 Å². The van der Waals surface area contributed by atoms with Crippen molar-refractivity contribution in [3.05, 3.63) is 53.6 Å². The first-order valence-corrected chi connectivity index (χ1v) is 6.91. The van der Waals surface area contributed by atoms with Gasteiger partial charge in [0.25, 0.3) is 0 Å². The van der Waals surface area contributed by atoms with Gasteiger partial charge in [0.05, 0.1) is 6.20 Å². The summed E-state index contributed by atoms with van der Waals surface area (Å²) < 4.78 is 5.70. The average Bonchev–Trinajstić information content (AvgIpc) is 2.46. The molecule has 2 aromatic rings. The number of nitrogens with two attached hydrogens (primary N) is 1. The van der Waals surface area contributed by atoms with Crippen LogP contribution in [0.3, 0.4) is 0 Å². The van der Waals surface area contributed by atoms with Crippen molar-refractivity contribution in [2.24, 2.45) is 5.73 Å². The maximum absolute atomic E-state index is 5.91. The number of aromatic nitrogens is 2. The van der Waals surface area contributed by atoms with Gasteiger partial charge < -0.3 is 10.5 Å². The summed E-state index contributed by atoms with van der Waals surface area (Å²) in [6.07, 6.45) is 7.16. The number of hydrogen-bond donors (Lipinski definition) is 1. The SMILES string of the molecule is CCC(N)Cc1ccc(OCc2cncc(C)c2)cn1. The second-order valence-corrected chi connectivity index (χ2v) is 5.02. The van der Waals surface area contributed by atoms with Gasteiger partial charge >= 0.3 is 0 Å². The van der Waals surface area contributed by atoms with E-state index in [0.717, 1.165) is 35.4 Å². The van der Waals surface area contributed by atoms with Gasteiger partial charge in [-0.1, -0.05) is 6.92 Å². The number of hydrogen-bond acceptors (Lipinski definition) is 4. The first kappa shape index (κ1) is 14.5. The Labute approximate surface area is 120 Å². The fourth-order valence-electron chi connectivity index (χ4n) is 1.89. The lowest BCUT2D eigenvalue weighted by Crippen LogP contribution is -2.21. The Hall–Kier alpha value is -1.94. The predicted octanol–water partition coefficient (Wildman–Crippen LogP) is 2.64. The number of nitrogens with zero attached hydrogens (tertiary/aromatic N) is 2. The van der Waals surface area contributed by atoms with Crippen LogP contribution in [0.1, 0.15) is 30.2 Å². The van der Waals surface area contributed by atoms with Gasteiger partial charge in [0.15, 0.2) is 0 Å². The van der Waals surface area contributed by atoms with Gasteiger partial charge in [-0.15, -0.1) is 0 Å². The molecule has 0 spiro atoms. The summed E-state index contributed by atoms with van der Waals surface area (Å²) in [7, 11) is 0. The zero-order valence-corrected chi connectivity index (χ0v) is 12.0. The second-order valence-electron chi connectivity index (χ2n) is 5.02. The number of ether oxygens (including phenoxy) is 1. The summed E-state index contributed by atoms with van der Waals surface area (Å²) in [5.74, 6) is 0.764. The van der Waals surface area contributed by atoms with Gasteiger partial charge in [0, 0.05) is 36.1 Å². The molecule has 0 amide bonds. The molecule has 2 N–H and O–H groups in total. The molecule has 2 aromatic heterocycles. The van der Waals surface area contributed by atoms with Crippen molar-refractivity contribution in [3.63, 3.8) is 0 Å². The van der Waals surface area contributed by atoms with E-state index < -0.39 is 0 Å². The Kier molecular flexibility index (Phi) is 5.07. The van der Waals surface area contributed by atoms with Gasteiger partial charge in [0.2, 0.25) is 0 Å². The van der Waals surface area contributed by atoms with Crippen molar-refractivity contribution >= 4 is 0 Å². The summed E-state index contributed by atoms with van der Waals surface area (Å²) in [6.45, 7) is 4.60. The Morgan fingerprint density at radius 1 is 1.25 bits per heavy atom. The molecule has 0 aromatic carbocycles. The predicted molar refractivity (Wildman–Crippen MR) is 79.5 cm³/mol. The van der Waals surface area contributed by atoms with Crippen molar-refractivity contribution in [2.75, 3.05) is 0 Å². The normalized spacial score (nSPS) is 12.2. The minimum absolute atomic E-state index is 0.174. The molecule has 0 radical (unpaired) electrons. The standard InChI is InChI=1S/C16H21N3O/c1-3-14(17)7-15-4-5-16(10-19-15)20-11-13-6-12(2)8-18-9-13/h4-6,8-10,14H,3,7,11,17H2,1-2H3. The molecule has 20 heavy (non-hydrogen) atoms. The highest BCUT2D eigenvalue weighted by molar-refractivity contribution is 5.22. The van der Waals surface area contributed by atoms with Crippen molar-refractivity contribution in [1.29, 1.82) is 0 Å². The summed E-state index contributed by atoms with van der Waals surface area (Å²) in [6, 6.07) is 6.15. The lowest BCUT2D eigenvalue weighted by molar-refractivity contribution is 0.304. The highest BCUT2D eigenvalue weighted by Gasteiger charge is 2.03. The Bertz CT molecular complexity index is 540. The molecule has 4 nitrogen and oxygen atoms in total. The van der Waals surface area contributed by atoms with Crippen LogP contribution in [-0.4, -0.2) is 16.0 Å². The third kappa shape index (κ3) is 4.31. The summed E-state index contributed by atoms with van der Waals surface area (Å²) in [5.41, 5.74) is 9.11. The Balaban J connectivity index is 1.90. The topological polar surface area (TPSA) is 61.0 Å². The molecule has 0 bridgehead atoms. The highest BCUT2D eigenvalue weighted by atomic mass is 16.5. The lowest BCUT2D eigenvalue weighted by atomic mass is 10.1.